The van der Waals surface area contributed by atoms with E-state index in [1.165, 1.54) is 11.1 Å². The van der Waals surface area contributed by atoms with E-state index < -0.39 is 11.9 Å². The number of esters is 1. The van der Waals surface area contributed by atoms with Gasteiger partial charge in [0.15, 0.2) is 12.4 Å². The molecule has 6 heteroatoms. The normalized spacial score (nSPS) is 13.4. The molecule has 29 heavy (non-hydrogen) atoms. The maximum absolute atomic E-state index is 12.3. The van der Waals surface area contributed by atoms with Crippen LogP contribution in [-0.2, 0) is 27.2 Å². The average Bonchev–Trinajstić information content (AvgIpc) is 3.18. The highest BCUT2D eigenvalue weighted by atomic mass is 35.5. The number of carbonyl (C=O) groups excluding carboxylic acids is 3. The van der Waals surface area contributed by atoms with Crippen molar-refractivity contribution in [2.45, 2.75) is 45.1 Å². The van der Waals surface area contributed by atoms with E-state index in [0.29, 0.717) is 10.6 Å². The minimum absolute atomic E-state index is 0.0457. The summed E-state index contributed by atoms with van der Waals surface area (Å²) < 4.78 is 5.00. The minimum Gasteiger partial charge on any atom is -0.456 e. The lowest BCUT2D eigenvalue weighted by atomic mass is 10.0. The number of aryl methyl sites for hydroxylation is 2. The summed E-state index contributed by atoms with van der Waals surface area (Å²) in [5.74, 6) is -1.04. The smallest absolute Gasteiger partial charge is 0.306 e. The molecule has 0 aromatic heterocycles. The molecule has 0 saturated heterocycles. The number of fused-ring (bicyclic) bond motifs is 1. The lowest BCUT2D eigenvalue weighted by molar-refractivity contribution is -0.148. The zero-order valence-corrected chi connectivity index (χ0v) is 17.1. The van der Waals surface area contributed by atoms with E-state index in [-0.39, 0.29) is 31.3 Å². The first kappa shape index (κ1) is 21.1. The van der Waals surface area contributed by atoms with E-state index in [1.54, 1.807) is 12.1 Å². The second-order valence-corrected chi connectivity index (χ2v) is 7.70. The van der Waals surface area contributed by atoms with Crippen molar-refractivity contribution in [1.29, 1.82) is 0 Å². The first-order chi connectivity index (χ1) is 13.9. The average molecular weight is 414 g/mol. The Morgan fingerprint density at radius 1 is 1.03 bits per heavy atom. The lowest BCUT2D eigenvalue weighted by Crippen LogP contribution is -2.31. The van der Waals surface area contributed by atoms with Gasteiger partial charge in [0.1, 0.15) is 0 Å². The van der Waals surface area contributed by atoms with Crippen molar-refractivity contribution in [3.8, 4) is 0 Å². The van der Waals surface area contributed by atoms with Crippen LogP contribution in [0.5, 0.6) is 0 Å². The number of rotatable bonds is 8. The molecule has 1 aliphatic carbocycles. The zero-order valence-electron chi connectivity index (χ0n) is 16.4. The first-order valence-corrected chi connectivity index (χ1v) is 10.2. The summed E-state index contributed by atoms with van der Waals surface area (Å²) >= 11 is 5.85. The Balaban J connectivity index is 1.39. The van der Waals surface area contributed by atoms with Crippen LogP contribution in [0.15, 0.2) is 42.5 Å². The third kappa shape index (κ3) is 5.91. The van der Waals surface area contributed by atoms with Crippen LogP contribution in [0.2, 0.25) is 5.02 Å². The molecule has 0 heterocycles. The van der Waals surface area contributed by atoms with Crippen molar-refractivity contribution in [2.24, 2.45) is 0 Å². The Bertz CT molecular complexity index is 908. The molecular formula is C23H24ClNO4. The maximum atomic E-state index is 12.3. The number of ketones is 1. The van der Waals surface area contributed by atoms with Gasteiger partial charge < -0.3 is 10.1 Å². The van der Waals surface area contributed by atoms with Gasteiger partial charge in [-0.1, -0.05) is 35.9 Å². The molecular weight excluding hydrogens is 390 g/mol. The number of hydrogen-bond acceptors (Lipinski definition) is 4. The summed E-state index contributed by atoms with van der Waals surface area (Å²) in [4.78, 5) is 36.2. The van der Waals surface area contributed by atoms with Crippen molar-refractivity contribution in [2.75, 3.05) is 6.61 Å². The monoisotopic (exact) mass is 413 g/mol. The van der Waals surface area contributed by atoms with Gasteiger partial charge >= 0.3 is 5.97 Å². The second-order valence-electron chi connectivity index (χ2n) is 7.26. The number of hydrogen-bond donors (Lipinski definition) is 1. The number of amides is 1. The third-order valence-electron chi connectivity index (χ3n) is 5.09. The van der Waals surface area contributed by atoms with Gasteiger partial charge in [-0.25, -0.2) is 0 Å². The molecule has 0 fully saturated rings. The number of halogens is 1. The standard InChI is InChI=1S/C23H24ClNO4/c1-15(16-7-9-20(24)10-8-16)25-22(27)14-29-23(28)12-11-21(26)19-6-5-17-3-2-4-18(17)13-19/h5-10,13,15H,2-4,11-12,14H2,1H3,(H,25,27)/t15-/m0/s1. The van der Waals surface area contributed by atoms with Crippen molar-refractivity contribution >= 4 is 29.3 Å². The summed E-state index contributed by atoms with van der Waals surface area (Å²) in [6.07, 6.45) is 3.21. The maximum Gasteiger partial charge on any atom is 0.306 e. The Kier molecular flexibility index (Phi) is 7.04. The molecule has 1 N–H and O–H groups in total. The highest BCUT2D eigenvalue weighted by Gasteiger charge is 2.16. The van der Waals surface area contributed by atoms with Crippen molar-refractivity contribution in [1.82, 2.24) is 5.32 Å². The molecule has 0 spiro atoms. The van der Waals surface area contributed by atoms with Crippen LogP contribution in [0, 0.1) is 0 Å². The van der Waals surface area contributed by atoms with Gasteiger partial charge in [-0.15, -0.1) is 0 Å². The number of carbonyl (C=O) groups is 3. The van der Waals surface area contributed by atoms with Crippen LogP contribution in [0.4, 0.5) is 0 Å². The molecule has 0 saturated carbocycles. The molecule has 1 amide bonds. The van der Waals surface area contributed by atoms with Gasteiger partial charge in [0, 0.05) is 17.0 Å². The van der Waals surface area contributed by atoms with E-state index >= 15 is 0 Å². The van der Waals surface area contributed by atoms with E-state index in [0.717, 1.165) is 24.8 Å². The fourth-order valence-electron chi connectivity index (χ4n) is 3.44. The molecule has 2 aromatic carbocycles. The van der Waals surface area contributed by atoms with Crippen molar-refractivity contribution < 1.29 is 19.1 Å². The molecule has 0 aliphatic heterocycles. The van der Waals surface area contributed by atoms with Gasteiger partial charge in [-0.3, -0.25) is 14.4 Å². The Labute approximate surface area is 175 Å². The Morgan fingerprint density at radius 3 is 2.52 bits per heavy atom. The molecule has 152 valence electrons. The predicted molar refractivity (Wildman–Crippen MR) is 111 cm³/mol. The highest BCUT2D eigenvalue weighted by molar-refractivity contribution is 6.30. The molecule has 0 radical (unpaired) electrons. The number of Topliss-reactive ketones (excluding diaryl/α,β-unsaturated/α-hetero) is 1. The Morgan fingerprint density at radius 2 is 1.76 bits per heavy atom. The topological polar surface area (TPSA) is 72.5 Å². The minimum atomic E-state index is -0.561. The fraction of sp³-hybridized carbons (Fsp3) is 0.348. The molecule has 0 unspecified atom stereocenters. The van der Waals surface area contributed by atoms with Crippen LogP contribution in [-0.4, -0.2) is 24.3 Å². The first-order valence-electron chi connectivity index (χ1n) is 9.78. The molecule has 2 aromatic rings. The van der Waals surface area contributed by atoms with Crippen LogP contribution in [0.3, 0.4) is 0 Å². The highest BCUT2D eigenvalue weighted by Crippen LogP contribution is 2.23. The van der Waals surface area contributed by atoms with Crippen LogP contribution in [0.1, 0.15) is 59.3 Å². The summed E-state index contributed by atoms with van der Waals surface area (Å²) in [7, 11) is 0. The summed E-state index contributed by atoms with van der Waals surface area (Å²) in [6.45, 7) is 1.46. The van der Waals surface area contributed by atoms with Gasteiger partial charge in [0.25, 0.3) is 5.91 Å². The lowest BCUT2D eigenvalue weighted by Gasteiger charge is -2.14. The second kappa shape index (κ2) is 9.70. The van der Waals surface area contributed by atoms with Gasteiger partial charge in [-0.2, -0.15) is 0 Å². The van der Waals surface area contributed by atoms with E-state index in [4.69, 9.17) is 16.3 Å². The van der Waals surface area contributed by atoms with Gasteiger partial charge in [-0.05, 0) is 61.1 Å². The van der Waals surface area contributed by atoms with Crippen molar-refractivity contribution in [3.63, 3.8) is 0 Å². The summed E-state index contributed by atoms with van der Waals surface area (Å²) in [5.41, 5.74) is 4.06. The van der Waals surface area contributed by atoms with Gasteiger partial charge in [0.2, 0.25) is 0 Å². The summed E-state index contributed by atoms with van der Waals surface area (Å²) in [5, 5.41) is 3.38. The van der Waals surface area contributed by atoms with E-state index in [1.807, 2.05) is 37.3 Å². The Hall–Kier alpha value is -2.66. The SMILES string of the molecule is C[C@H](NC(=O)COC(=O)CCC(=O)c1ccc2c(c1)CCC2)c1ccc(Cl)cc1. The van der Waals surface area contributed by atoms with Crippen LogP contribution < -0.4 is 5.32 Å². The molecule has 0 bridgehead atoms. The molecule has 3 rings (SSSR count). The molecule has 5 nitrogen and oxygen atoms in total. The van der Waals surface area contributed by atoms with E-state index in [2.05, 4.69) is 5.32 Å². The van der Waals surface area contributed by atoms with E-state index in [9.17, 15) is 14.4 Å². The predicted octanol–water partition coefficient (Wildman–Crippen LogP) is 4.21. The number of nitrogens with one attached hydrogen (secondary N) is 1. The van der Waals surface area contributed by atoms with Crippen LogP contribution >= 0.6 is 11.6 Å². The van der Waals surface area contributed by atoms with Crippen LogP contribution in [0.25, 0.3) is 0 Å². The third-order valence-corrected chi connectivity index (χ3v) is 5.34. The summed E-state index contributed by atoms with van der Waals surface area (Å²) in [6, 6.07) is 12.7. The fourth-order valence-corrected chi connectivity index (χ4v) is 3.57. The zero-order chi connectivity index (χ0) is 20.8. The largest absolute Gasteiger partial charge is 0.456 e. The van der Waals surface area contributed by atoms with Gasteiger partial charge in [0.05, 0.1) is 12.5 Å². The van der Waals surface area contributed by atoms with Crippen molar-refractivity contribution in [3.05, 3.63) is 69.7 Å². The number of ether oxygens (including phenoxy) is 1. The molecule has 1 atom stereocenters. The molecule has 1 aliphatic rings. The quantitative estimate of drug-likeness (QED) is 0.519. The number of benzene rings is 2.